The Kier molecular flexibility index (Phi) is 7.45. The van der Waals surface area contributed by atoms with Crippen LogP contribution in [0.5, 0.6) is 0 Å². The molecule has 0 aliphatic carbocycles. The van der Waals surface area contributed by atoms with E-state index in [1.165, 1.54) is 24.5 Å². The van der Waals surface area contributed by atoms with Gasteiger partial charge in [0.1, 0.15) is 0 Å². The number of nitrogens with one attached hydrogen (secondary N) is 2. The Balaban J connectivity index is 1.78. The van der Waals surface area contributed by atoms with Crippen LogP contribution in [0.15, 0.2) is 30.3 Å². The van der Waals surface area contributed by atoms with Gasteiger partial charge in [-0.1, -0.05) is 6.07 Å². The number of hydrogen-bond donors (Lipinski definition) is 2. The minimum atomic E-state index is -0.618. The number of carbonyl (C=O) groups excluding carboxylic acids is 4. The molecule has 7 nitrogen and oxygen atoms in total. The predicted molar refractivity (Wildman–Crippen MR) is 107 cm³/mol. The van der Waals surface area contributed by atoms with Crippen molar-refractivity contribution in [2.75, 3.05) is 19.0 Å². The van der Waals surface area contributed by atoms with E-state index in [2.05, 4.69) is 10.6 Å². The second kappa shape index (κ2) is 9.80. The standard InChI is InChI=1S/C20H22N2O5S/c1-12-9-16(13(2)28-12)17(23)7-8-19(25)27-11-18(24)22-15-6-4-5-14(10-15)20(26)21-3/h4-6,9-10H,7-8,11H2,1-3H3,(H,21,26)(H,22,24). The normalized spacial score (nSPS) is 10.2. The molecule has 8 heteroatoms. The monoisotopic (exact) mass is 402 g/mol. The maximum atomic E-state index is 12.2. The second-order valence-corrected chi connectivity index (χ2v) is 7.58. The van der Waals surface area contributed by atoms with Crippen LogP contribution in [0.2, 0.25) is 0 Å². The van der Waals surface area contributed by atoms with Crippen LogP contribution in [0.3, 0.4) is 0 Å². The lowest BCUT2D eigenvalue weighted by molar-refractivity contribution is -0.147. The molecule has 2 amide bonds. The van der Waals surface area contributed by atoms with Crippen LogP contribution in [0, 0.1) is 13.8 Å². The average Bonchev–Trinajstić information content (AvgIpc) is 3.02. The van der Waals surface area contributed by atoms with Crippen LogP contribution in [-0.2, 0) is 14.3 Å². The number of ether oxygens (including phenoxy) is 1. The molecule has 1 heterocycles. The van der Waals surface area contributed by atoms with Crippen LogP contribution >= 0.6 is 11.3 Å². The van der Waals surface area contributed by atoms with Crippen molar-refractivity contribution >= 4 is 40.6 Å². The van der Waals surface area contributed by atoms with Crippen molar-refractivity contribution in [2.24, 2.45) is 0 Å². The van der Waals surface area contributed by atoms with E-state index in [1.807, 2.05) is 19.9 Å². The van der Waals surface area contributed by atoms with Gasteiger partial charge in [-0.25, -0.2) is 0 Å². The van der Waals surface area contributed by atoms with E-state index in [4.69, 9.17) is 4.74 Å². The Bertz CT molecular complexity index is 904. The fourth-order valence-electron chi connectivity index (χ4n) is 2.56. The SMILES string of the molecule is CNC(=O)c1cccc(NC(=O)COC(=O)CCC(=O)c2cc(C)sc2C)c1. The fourth-order valence-corrected chi connectivity index (χ4v) is 3.50. The van der Waals surface area contributed by atoms with Gasteiger partial charge in [0.05, 0.1) is 6.42 Å². The highest BCUT2D eigenvalue weighted by molar-refractivity contribution is 7.12. The quantitative estimate of drug-likeness (QED) is 0.522. The minimum Gasteiger partial charge on any atom is -0.456 e. The first-order chi connectivity index (χ1) is 13.3. The summed E-state index contributed by atoms with van der Waals surface area (Å²) in [6, 6.07) is 8.20. The number of carbonyl (C=O) groups is 4. The van der Waals surface area contributed by atoms with E-state index >= 15 is 0 Å². The van der Waals surface area contributed by atoms with E-state index in [9.17, 15) is 19.2 Å². The highest BCUT2D eigenvalue weighted by Gasteiger charge is 2.15. The summed E-state index contributed by atoms with van der Waals surface area (Å²) in [7, 11) is 1.51. The van der Waals surface area contributed by atoms with Gasteiger partial charge in [0, 0.05) is 40.0 Å². The number of hydrogen-bond acceptors (Lipinski definition) is 6. The number of amides is 2. The summed E-state index contributed by atoms with van der Waals surface area (Å²) in [5.41, 5.74) is 1.44. The third kappa shape index (κ3) is 6.02. The van der Waals surface area contributed by atoms with Crippen molar-refractivity contribution < 1.29 is 23.9 Å². The number of esters is 1. The molecule has 0 radical (unpaired) electrons. The first-order valence-electron chi connectivity index (χ1n) is 8.68. The zero-order valence-electron chi connectivity index (χ0n) is 16.0. The van der Waals surface area contributed by atoms with Crippen molar-refractivity contribution in [1.29, 1.82) is 0 Å². The average molecular weight is 402 g/mol. The first kappa shape index (κ1) is 21.3. The van der Waals surface area contributed by atoms with Crippen LogP contribution in [0.1, 0.15) is 43.3 Å². The summed E-state index contributed by atoms with van der Waals surface area (Å²) in [5.74, 6) is -1.54. The summed E-state index contributed by atoms with van der Waals surface area (Å²) in [6.45, 7) is 3.33. The van der Waals surface area contributed by atoms with Gasteiger partial charge < -0.3 is 15.4 Å². The van der Waals surface area contributed by atoms with Gasteiger partial charge in [-0.15, -0.1) is 11.3 Å². The number of thiophene rings is 1. The maximum Gasteiger partial charge on any atom is 0.306 e. The Morgan fingerprint density at radius 3 is 2.46 bits per heavy atom. The molecule has 0 aliphatic heterocycles. The first-order valence-corrected chi connectivity index (χ1v) is 9.49. The minimum absolute atomic E-state index is 0.0334. The molecule has 0 fully saturated rings. The lowest BCUT2D eigenvalue weighted by atomic mass is 10.1. The van der Waals surface area contributed by atoms with Crippen LogP contribution in [0.4, 0.5) is 5.69 Å². The Hall–Kier alpha value is -3.00. The van der Waals surface area contributed by atoms with E-state index in [-0.39, 0.29) is 24.5 Å². The Morgan fingerprint density at radius 1 is 1.07 bits per heavy atom. The Morgan fingerprint density at radius 2 is 1.82 bits per heavy atom. The van der Waals surface area contributed by atoms with Crippen molar-refractivity contribution in [2.45, 2.75) is 26.7 Å². The van der Waals surface area contributed by atoms with Gasteiger partial charge in [-0.2, -0.15) is 0 Å². The molecular weight excluding hydrogens is 380 g/mol. The van der Waals surface area contributed by atoms with E-state index in [0.29, 0.717) is 16.8 Å². The van der Waals surface area contributed by atoms with Gasteiger partial charge in [-0.05, 0) is 38.1 Å². The summed E-state index contributed by atoms with van der Waals surface area (Å²) in [5, 5.41) is 5.05. The molecule has 1 aromatic heterocycles. The largest absolute Gasteiger partial charge is 0.456 e. The highest BCUT2D eigenvalue weighted by Crippen LogP contribution is 2.22. The van der Waals surface area contributed by atoms with Gasteiger partial charge in [0.25, 0.3) is 11.8 Å². The molecule has 0 saturated heterocycles. The summed E-state index contributed by atoms with van der Waals surface area (Å²) >= 11 is 1.54. The molecule has 0 aliphatic rings. The Labute approximate surface area is 167 Å². The molecular formula is C20H22N2O5S. The highest BCUT2D eigenvalue weighted by atomic mass is 32.1. The summed E-state index contributed by atoms with van der Waals surface area (Å²) < 4.78 is 4.92. The number of ketones is 1. The number of Topliss-reactive ketones (excluding diaryl/α,β-unsaturated/α-hetero) is 1. The lowest BCUT2D eigenvalue weighted by Crippen LogP contribution is -2.22. The molecule has 0 unspecified atom stereocenters. The fraction of sp³-hybridized carbons (Fsp3) is 0.300. The third-order valence-electron chi connectivity index (χ3n) is 3.90. The summed E-state index contributed by atoms with van der Waals surface area (Å²) in [6.07, 6.45) is -0.0573. The van der Waals surface area contributed by atoms with Gasteiger partial charge >= 0.3 is 5.97 Å². The third-order valence-corrected chi connectivity index (χ3v) is 4.86. The molecule has 1 aromatic carbocycles. The summed E-state index contributed by atoms with van der Waals surface area (Å²) in [4.78, 5) is 49.5. The predicted octanol–water partition coefficient (Wildman–Crippen LogP) is 2.87. The molecule has 0 atom stereocenters. The number of anilines is 1. The van der Waals surface area contributed by atoms with E-state index < -0.39 is 18.5 Å². The maximum absolute atomic E-state index is 12.2. The molecule has 0 spiro atoms. The van der Waals surface area contributed by atoms with Crippen LogP contribution in [0.25, 0.3) is 0 Å². The van der Waals surface area contributed by atoms with Gasteiger partial charge in [0.2, 0.25) is 0 Å². The number of aryl methyl sites for hydroxylation is 2. The molecule has 0 bridgehead atoms. The lowest BCUT2D eigenvalue weighted by Gasteiger charge is -2.08. The van der Waals surface area contributed by atoms with Crippen LogP contribution in [-0.4, -0.2) is 37.2 Å². The molecule has 28 heavy (non-hydrogen) atoms. The van der Waals surface area contributed by atoms with E-state index in [1.54, 1.807) is 18.2 Å². The second-order valence-electron chi connectivity index (χ2n) is 6.12. The zero-order chi connectivity index (χ0) is 20.7. The topological polar surface area (TPSA) is 102 Å². The van der Waals surface area contributed by atoms with Gasteiger partial charge in [-0.3, -0.25) is 19.2 Å². The zero-order valence-corrected chi connectivity index (χ0v) is 16.8. The molecule has 2 rings (SSSR count). The molecule has 2 N–H and O–H groups in total. The molecule has 2 aromatic rings. The van der Waals surface area contributed by atoms with E-state index in [0.717, 1.165) is 9.75 Å². The molecule has 148 valence electrons. The number of rotatable bonds is 8. The smallest absolute Gasteiger partial charge is 0.306 e. The van der Waals surface area contributed by atoms with Crippen molar-refractivity contribution in [3.8, 4) is 0 Å². The van der Waals surface area contributed by atoms with Crippen molar-refractivity contribution in [1.82, 2.24) is 5.32 Å². The number of benzene rings is 1. The van der Waals surface area contributed by atoms with Crippen molar-refractivity contribution in [3.05, 3.63) is 51.2 Å². The van der Waals surface area contributed by atoms with Crippen molar-refractivity contribution in [3.63, 3.8) is 0 Å². The van der Waals surface area contributed by atoms with Crippen LogP contribution < -0.4 is 10.6 Å². The van der Waals surface area contributed by atoms with Gasteiger partial charge in [0.15, 0.2) is 12.4 Å². The molecule has 0 saturated carbocycles.